The predicted octanol–water partition coefficient (Wildman–Crippen LogP) is 3.39. The lowest BCUT2D eigenvalue weighted by Gasteiger charge is -2.22. The maximum Gasteiger partial charge on any atom is 0.270 e. The highest BCUT2D eigenvalue weighted by Gasteiger charge is 2.19. The lowest BCUT2D eigenvalue weighted by molar-refractivity contribution is -0.385. The Kier molecular flexibility index (Phi) is 5.10. The summed E-state index contributed by atoms with van der Waals surface area (Å²) in [4.78, 5) is 11.1. The second-order valence-corrected chi connectivity index (χ2v) is 8.28. The molecule has 1 saturated carbocycles. The number of sulfonamides is 1. The molecule has 6 nitrogen and oxygen atoms in total. The van der Waals surface area contributed by atoms with E-state index in [1.54, 1.807) is 0 Å². The summed E-state index contributed by atoms with van der Waals surface area (Å²) in [5, 5.41) is 11.3. The van der Waals surface area contributed by atoms with Crippen LogP contribution in [0.4, 0.5) is 11.4 Å². The van der Waals surface area contributed by atoms with Gasteiger partial charge in [-0.05, 0) is 18.9 Å². The number of nitrogens with zero attached hydrogens (tertiary/aromatic N) is 1. The molecular weight excluding hydrogens is 312 g/mol. The smallest absolute Gasteiger partial charge is 0.270 e. The van der Waals surface area contributed by atoms with Crippen molar-refractivity contribution in [3.05, 3.63) is 28.3 Å². The van der Waals surface area contributed by atoms with Gasteiger partial charge in [-0.3, -0.25) is 14.8 Å². The molecule has 0 aliphatic heterocycles. The number of anilines is 1. The topological polar surface area (TPSA) is 89.3 Å². The number of benzene rings is 1. The summed E-state index contributed by atoms with van der Waals surface area (Å²) in [5.74, 6) is 0. The summed E-state index contributed by atoms with van der Waals surface area (Å²) >= 11 is 1.53. The van der Waals surface area contributed by atoms with Crippen molar-refractivity contribution in [2.75, 3.05) is 11.0 Å². The van der Waals surface area contributed by atoms with E-state index >= 15 is 0 Å². The third-order valence-corrected chi connectivity index (χ3v) is 5.30. The van der Waals surface area contributed by atoms with Gasteiger partial charge in [0.2, 0.25) is 10.0 Å². The average Bonchev–Trinajstić information content (AvgIpc) is 2.40. The number of nitrogens with one attached hydrogen (secondary N) is 1. The van der Waals surface area contributed by atoms with Crippen molar-refractivity contribution in [3.63, 3.8) is 0 Å². The predicted molar refractivity (Wildman–Crippen MR) is 84.3 cm³/mol. The van der Waals surface area contributed by atoms with Crippen LogP contribution in [0.1, 0.15) is 32.1 Å². The highest BCUT2D eigenvalue weighted by Crippen LogP contribution is 2.39. The number of hydrogen-bond acceptors (Lipinski definition) is 5. The minimum absolute atomic E-state index is 0.0210. The van der Waals surface area contributed by atoms with Crippen molar-refractivity contribution in [1.82, 2.24) is 0 Å². The summed E-state index contributed by atoms with van der Waals surface area (Å²) in [6.07, 6.45) is 6.73. The molecular formula is C13H18N2O4S2. The Morgan fingerprint density at radius 3 is 2.52 bits per heavy atom. The molecule has 2 rings (SSSR count). The monoisotopic (exact) mass is 330 g/mol. The quantitative estimate of drug-likeness (QED) is 0.660. The first-order valence-corrected chi connectivity index (χ1v) is 9.55. The van der Waals surface area contributed by atoms with Crippen LogP contribution in [0, 0.1) is 10.1 Å². The van der Waals surface area contributed by atoms with Crippen LogP contribution in [-0.4, -0.2) is 24.8 Å². The molecule has 1 fully saturated rings. The number of nitro benzene ring substituents is 1. The van der Waals surface area contributed by atoms with E-state index in [1.165, 1.54) is 36.4 Å². The van der Waals surface area contributed by atoms with Crippen molar-refractivity contribution >= 4 is 33.2 Å². The van der Waals surface area contributed by atoms with Crippen molar-refractivity contribution in [1.29, 1.82) is 0 Å². The minimum atomic E-state index is -3.41. The van der Waals surface area contributed by atoms with E-state index in [-0.39, 0.29) is 5.69 Å². The summed E-state index contributed by atoms with van der Waals surface area (Å²) in [7, 11) is -3.41. The second kappa shape index (κ2) is 6.65. The van der Waals surface area contributed by atoms with E-state index in [4.69, 9.17) is 0 Å². The SMILES string of the molecule is CS(=O)(=O)Nc1ccc([N+](=O)[O-])cc1SC1CCCCC1. The molecule has 0 spiro atoms. The Morgan fingerprint density at radius 2 is 1.95 bits per heavy atom. The van der Waals surface area contributed by atoms with Gasteiger partial charge < -0.3 is 0 Å². The highest BCUT2D eigenvalue weighted by atomic mass is 32.2. The molecule has 0 radical (unpaired) electrons. The molecule has 0 atom stereocenters. The zero-order valence-corrected chi connectivity index (χ0v) is 13.4. The first-order chi connectivity index (χ1) is 9.85. The normalized spacial score (nSPS) is 16.6. The van der Waals surface area contributed by atoms with Crippen LogP contribution in [-0.2, 0) is 10.0 Å². The molecule has 1 aromatic carbocycles. The Morgan fingerprint density at radius 1 is 1.29 bits per heavy atom. The van der Waals surface area contributed by atoms with Crippen LogP contribution in [0.3, 0.4) is 0 Å². The van der Waals surface area contributed by atoms with E-state index < -0.39 is 14.9 Å². The standard InChI is InChI=1S/C13H18N2O4S2/c1-21(18,19)14-12-8-7-10(15(16)17)9-13(12)20-11-5-3-2-4-6-11/h7-9,11,14H,2-6H2,1H3. The zero-order valence-electron chi connectivity index (χ0n) is 11.7. The number of hydrogen-bond donors (Lipinski definition) is 1. The first-order valence-electron chi connectivity index (χ1n) is 6.78. The van der Waals surface area contributed by atoms with Crippen molar-refractivity contribution in [3.8, 4) is 0 Å². The molecule has 0 heterocycles. The molecule has 0 unspecified atom stereocenters. The zero-order chi connectivity index (χ0) is 15.5. The van der Waals surface area contributed by atoms with Crippen LogP contribution >= 0.6 is 11.8 Å². The van der Waals surface area contributed by atoms with Gasteiger partial charge in [-0.15, -0.1) is 11.8 Å². The summed E-state index contributed by atoms with van der Waals surface area (Å²) < 4.78 is 25.3. The number of non-ortho nitro benzene ring substituents is 1. The van der Waals surface area contributed by atoms with Crippen LogP contribution in [0.15, 0.2) is 23.1 Å². The highest BCUT2D eigenvalue weighted by molar-refractivity contribution is 8.00. The molecule has 1 aromatic rings. The van der Waals surface area contributed by atoms with Gasteiger partial charge in [-0.25, -0.2) is 8.42 Å². The first kappa shape index (κ1) is 16.1. The van der Waals surface area contributed by atoms with Gasteiger partial charge in [0, 0.05) is 22.3 Å². The Balaban J connectivity index is 2.28. The van der Waals surface area contributed by atoms with Crippen LogP contribution in [0.25, 0.3) is 0 Å². The molecule has 0 bridgehead atoms. The fourth-order valence-corrected chi connectivity index (χ4v) is 4.37. The maximum atomic E-state index is 11.4. The molecule has 0 aromatic heterocycles. The lowest BCUT2D eigenvalue weighted by Crippen LogP contribution is -2.12. The third kappa shape index (κ3) is 4.89. The summed E-state index contributed by atoms with van der Waals surface area (Å²) in [5.41, 5.74) is 0.394. The van der Waals surface area contributed by atoms with Gasteiger partial charge in [-0.2, -0.15) is 0 Å². The van der Waals surface area contributed by atoms with Gasteiger partial charge in [0.15, 0.2) is 0 Å². The molecule has 0 saturated heterocycles. The largest absolute Gasteiger partial charge is 0.283 e. The van der Waals surface area contributed by atoms with Gasteiger partial charge in [0.05, 0.1) is 16.9 Å². The van der Waals surface area contributed by atoms with E-state index in [2.05, 4.69) is 4.72 Å². The summed E-state index contributed by atoms with van der Waals surface area (Å²) in [6, 6.07) is 4.23. The maximum absolute atomic E-state index is 11.4. The van der Waals surface area contributed by atoms with E-state index in [0.29, 0.717) is 15.8 Å². The van der Waals surface area contributed by atoms with E-state index in [1.807, 2.05) is 0 Å². The molecule has 1 aliphatic carbocycles. The molecule has 21 heavy (non-hydrogen) atoms. The van der Waals surface area contributed by atoms with E-state index in [0.717, 1.165) is 31.9 Å². The van der Waals surface area contributed by atoms with Crippen molar-refractivity contribution < 1.29 is 13.3 Å². The Hall–Kier alpha value is -1.28. The van der Waals surface area contributed by atoms with Crippen LogP contribution < -0.4 is 4.72 Å². The summed E-state index contributed by atoms with van der Waals surface area (Å²) in [6.45, 7) is 0. The molecule has 1 N–H and O–H groups in total. The second-order valence-electron chi connectivity index (χ2n) is 5.19. The van der Waals surface area contributed by atoms with Crippen molar-refractivity contribution in [2.24, 2.45) is 0 Å². The van der Waals surface area contributed by atoms with Gasteiger partial charge >= 0.3 is 0 Å². The van der Waals surface area contributed by atoms with Crippen LogP contribution in [0.5, 0.6) is 0 Å². The number of rotatable bonds is 5. The Labute approximate surface area is 128 Å². The average molecular weight is 330 g/mol. The molecule has 116 valence electrons. The molecule has 1 aliphatic rings. The van der Waals surface area contributed by atoms with Crippen molar-refractivity contribution in [2.45, 2.75) is 42.2 Å². The minimum Gasteiger partial charge on any atom is -0.283 e. The fourth-order valence-electron chi connectivity index (χ4n) is 2.37. The van der Waals surface area contributed by atoms with Gasteiger partial charge in [0.1, 0.15) is 0 Å². The lowest BCUT2D eigenvalue weighted by atomic mass is 10.0. The fraction of sp³-hybridized carbons (Fsp3) is 0.538. The van der Waals surface area contributed by atoms with Gasteiger partial charge in [-0.1, -0.05) is 19.3 Å². The van der Waals surface area contributed by atoms with Gasteiger partial charge in [0.25, 0.3) is 5.69 Å². The molecule has 8 heteroatoms. The number of thioether (sulfide) groups is 1. The Bertz CT molecular complexity index is 625. The van der Waals surface area contributed by atoms with E-state index in [9.17, 15) is 18.5 Å². The number of nitro groups is 1. The van der Waals surface area contributed by atoms with Crippen LogP contribution in [0.2, 0.25) is 0 Å². The molecule has 0 amide bonds. The third-order valence-electron chi connectivity index (χ3n) is 3.32.